The molecule has 12 heavy (non-hydrogen) atoms. The van der Waals surface area contributed by atoms with Crippen molar-refractivity contribution < 1.29 is 0 Å². The molecular formula is C12H10. The molecule has 0 aromatic rings. The molecule has 0 aliphatic heterocycles. The van der Waals surface area contributed by atoms with E-state index in [2.05, 4.69) is 31.4 Å². The SMILES string of the molecule is C=c1cc2cc[cH+]c(=C)c-2c[cH-]1. The van der Waals surface area contributed by atoms with Gasteiger partial charge in [-0.25, -0.2) is 0 Å². The van der Waals surface area contributed by atoms with Gasteiger partial charge >= 0.3 is 0 Å². The Hall–Kier alpha value is -1.56. The van der Waals surface area contributed by atoms with Crippen molar-refractivity contribution in [2.24, 2.45) is 0 Å². The molecule has 0 radical (unpaired) electrons. The highest BCUT2D eigenvalue weighted by molar-refractivity contribution is 5.65. The van der Waals surface area contributed by atoms with Crippen LogP contribution in [0, 0.1) is 0 Å². The van der Waals surface area contributed by atoms with Crippen molar-refractivity contribution in [3.63, 3.8) is 0 Å². The summed E-state index contributed by atoms with van der Waals surface area (Å²) in [5, 5.41) is 2.13. The van der Waals surface area contributed by atoms with Gasteiger partial charge in [-0.15, -0.1) is 18.2 Å². The first-order valence-corrected chi connectivity index (χ1v) is 3.94. The number of benzene rings is 2. The van der Waals surface area contributed by atoms with Gasteiger partial charge < -0.3 is 0 Å². The summed E-state index contributed by atoms with van der Waals surface area (Å²) in [6.07, 6.45) is 0. The van der Waals surface area contributed by atoms with Gasteiger partial charge in [0.25, 0.3) is 0 Å². The summed E-state index contributed by atoms with van der Waals surface area (Å²) >= 11 is 0. The highest BCUT2D eigenvalue weighted by Gasteiger charge is 1.95. The van der Waals surface area contributed by atoms with E-state index in [-0.39, 0.29) is 0 Å². The van der Waals surface area contributed by atoms with Gasteiger partial charge in [0.15, 0.2) is 0 Å². The van der Waals surface area contributed by atoms with Crippen LogP contribution >= 0.6 is 0 Å². The maximum atomic E-state index is 3.96. The predicted octanol–water partition coefficient (Wildman–Crippen LogP) is 1.61. The van der Waals surface area contributed by atoms with E-state index in [4.69, 9.17) is 0 Å². The van der Waals surface area contributed by atoms with Gasteiger partial charge in [0.05, 0.1) is 0 Å². The molecular weight excluding hydrogens is 144 g/mol. The number of rotatable bonds is 0. The van der Waals surface area contributed by atoms with Crippen LogP contribution in [-0.2, 0) is 0 Å². The van der Waals surface area contributed by atoms with Crippen LogP contribution in [0.2, 0.25) is 0 Å². The van der Waals surface area contributed by atoms with Gasteiger partial charge in [-0.3, -0.25) is 0 Å². The molecule has 0 atom stereocenters. The smallest absolute Gasteiger partial charge is 0.0183 e. The van der Waals surface area contributed by atoms with Crippen molar-refractivity contribution in [1.82, 2.24) is 0 Å². The van der Waals surface area contributed by atoms with Gasteiger partial charge in [-0.05, 0) is 12.6 Å². The number of hydrogen-bond acceptors (Lipinski definition) is 0. The van der Waals surface area contributed by atoms with Gasteiger partial charge in [0, 0.05) is 17.4 Å². The largest absolute Gasteiger partial charge is 0.171 e. The Bertz CT molecular complexity index is 468. The van der Waals surface area contributed by atoms with Crippen molar-refractivity contribution in [1.29, 1.82) is 0 Å². The Morgan fingerprint density at radius 3 is 3.00 bits per heavy atom. The fourth-order valence-corrected chi connectivity index (χ4v) is 1.40. The van der Waals surface area contributed by atoms with E-state index >= 15 is 0 Å². The lowest BCUT2D eigenvalue weighted by molar-refractivity contribution is 1.52. The summed E-state index contributed by atoms with van der Waals surface area (Å²) in [5.41, 5.74) is 2.43. The van der Waals surface area contributed by atoms with E-state index in [0.717, 1.165) is 10.4 Å². The lowest BCUT2D eigenvalue weighted by Gasteiger charge is -2.07. The molecule has 0 unspecified atom stereocenters. The first-order chi connectivity index (χ1) is 5.77. The fourth-order valence-electron chi connectivity index (χ4n) is 1.40. The fraction of sp³-hybridized carbons (Fsp3) is 0. The summed E-state index contributed by atoms with van der Waals surface area (Å²) in [6, 6.07) is 12.3. The van der Waals surface area contributed by atoms with E-state index in [0.29, 0.717) is 0 Å². The molecule has 0 N–H and O–H groups in total. The van der Waals surface area contributed by atoms with Crippen LogP contribution < -0.4 is 10.4 Å². The zero-order valence-electron chi connectivity index (χ0n) is 6.88. The zero-order chi connectivity index (χ0) is 8.55. The van der Waals surface area contributed by atoms with Crippen molar-refractivity contribution in [3.8, 4) is 11.1 Å². The van der Waals surface area contributed by atoms with Gasteiger partial charge in [0.2, 0.25) is 0 Å². The lowest BCUT2D eigenvalue weighted by atomic mass is 10.0. The summed E-state index contributed by atoms with van der Waals surface area (Å²) in [4.78, 5) is 0. The maximum Gasteiger partial charge on any atom is 0.0183 e. The van der Waals surface area contributed by atoms with E-state index in [1.165, 1.54) is 11.1 Å². The van der Waals surface area contributed by atoms with Crippen LogP contribution in [0.3, 0.4) is 0 Å². The Kier molecular flexibility index (Phi) is 1.47. The maximum absolute atomic E-state index is 3.96. The minimum atomic E-state index is 1.05. The summed E-state index contributed by atoms with van der Waals surface area (Å²) in [7, 11) is 0. The van der Waals surface area contributed by atoms with Gasteiger partial charge in [0.1, 0.15) is 0 Å². The molecule has 0 heteroatoms. The second-order valence-electron chi connectivity index (χ2n) is 2.97. The molecule has 2 aliphatic rings. The average Bonchev–Trinajstić information content (AvgIpc) is 2.04. The molecule has 0 aromatic heterocycles. The van der Waals surface area contributed by atoms with Crippen LogP contribution in [0.25, 0.3) is 24.3 Å². The van der Waals surface area contributed by atoms with Crippen LogP contribution in [0.4, 0.5) is 0 Å². The molecule has 0 spiro atoms. The predicted molar refractivity (Wildman–Crippen MR) is 53.4 cm³/mol. The van der Waals surface area contributed by atoms with Crippen LogP contribution in [0.5, 0.6) is 0 Å². The Balaban J connectivity index is 2.95. The molecule has 0 amide bonds. The number of fused-ring (bicyclic) bond motifs is 1. The molecule has 0 heterocycles. The quantitative estimate of drug-likeness (QED) is 0.506. The highest BCUT2D eigenvalue weighted by atomic mass is 14.0. The zero-order valence-corrected chi connectivity index (χ0v) is 6.88. The highest BCUT2D eigenvalue weighted by Crippen LogP contribution is 2.12. The second-order valence-corrected chi connectivity index (χ2v) is 2.97. The van der Waals surface area contributed by atoms with Gasteiger partial charge in [-0.2, -0.15) is 11.8 Å². The summed E-state index contributed by atoms with van der Waals surface area (Å²) in [5.74, 6) is 0. The first kappa shape index (κ1) is 7.11. The summed E-state index contributed by atoms with van der Waals surface area (Å²) < 4.78 is 0. The van der Waals surface area contributed by atoms with Crippen LogP contribution in [-0.4, -0.2) is 0 Å². The van der Waals surface area contributed by atoms with E-state index < -0.39 is 0 Å². The van der Waals surface area contributed by atoms with Crippen molar-refractivity contribution in [2.45, 2.75) is 0 Å². The molecule has 0 aromatic carbocycles. The molecule has 0 saturated heterocycles. The van der Waals surface area contributed by atoms with Crippen LogP contribution in [0.15, 0.2) is 36.4 Å². The molecule has 0 saturated carbocycles. The van der Waals surface area contributed by atoms with Crippen molar-refractivity contribution >= 4 is 13.2 Å². The normalized spacial score (nSPS) is 10.3. The first-order valence-electron chi connectivity index (χ1n) is 3.94. The third-order valence-corrected chi connectivity index (χ3v) is 2.04. The van der Waals surface area contributed by atoms with Gasteiger partial charge in [-0.1, -0.05) is 11.1 Å². The third kappa shape index (κ3) is 1.02. The van der Waals surface area contributed by atoms with E-state index in [9.17, 15) is 0 Å². The lowest BCUT2D eigenvalue weighted by Crippen LogP contribution is -2.06. The summed E-state index contributed by atoms with van der Waals surface area (Å²) in [6.45, 7) is 7.84. The molecule has 2 rings (SSSR count). The van der Waals surface area contributed by atoms with E-state index in [1.54, 1.807) is 0 Å². The topological polar surface area (TPSA) is 0 Å². The minimum absolute atomic E-state index is 1.05. The Morgan fingerprint density at radius 2 is 2.17 bits per heavy atom. The monoisotopic (exact) mass is 154 g/mol. The Morgan fingerprint density at radius 1 is 1.33 bits per heavy atom. The Labute approximate surface area is 71.8 Å². The third-order valence-electron chi connectivity index (χ3n) is 2.04. The second kappa shape index (κ2) is 2.49. The molecule has 2 aliphatic carbocycles. The molecule has 0 nitrogen and oxygen atoms in total. The van der Waals surface area contributed by atoms with E-state index in [1.807, 2.05) is 18.2 Å². The molecule has 0 fully saturated rings. The number of hydrogen-bond donors (Lipinski definition) is 0. The van der Waals surface area contributed by atoms with Crippen molar-refractivity contribution in [3.05, 3.63) is 46.8 Å². The van der Waals surface area contributed by atoms with Crippen molar-refractivity contribution in [2.75, 3.05) is 0 Å². The molecule has 0 bridgehead atoms. The standard InChI is InChI=1S/C12H10/c1-9-6-7-12-10(2)4-3-5-11(12)8-9/h3-8H,1-2H2. The minimum Gasteiger partial charge on any atom is -0.171 e. The average molecular weight is 154 g/mol. The molecule has 58 valence electrons. The van der Waals surface area contributed by atoms with Crippen LogP contribution in [0.1, 0.15) is 0 Å².